The molecule has 0 aliphatic heterocycles. The Morgan fingerprint density at radius 1 is 1.03 bits per heavy atom. The molecule has 4 aromatic rings. The van der Waals surface area contributed by atoms with E-state index >= 15 is 0 Å². The molecular formula is C27H18ClIN2O2. The van der Waals surface area contributed by atoms with Crippen molar-refractivity contribution < 1.29 is 9.53 Å². The molecule has 0 atom stereocenters. The van der Waals surface area contributed by atoms with Crippen molar-refractivity contribution in [1.82, 2.24) is 0 Å². The van der Waals surface area contributed by atoms with Crippen LogP contribution in [0, 0.1) is 14.9 Å². The minimum absolute atomic E-state index is 0.0184. The van der Waals surface area contributed by atoms with E-state index in [1.54, 1.807) is 30.3 Å². The maximum atomic E-state index is 12.5. The maximum absolute atomic E-state index is 12.5. The van der Waals surface area contributed by atoms with Crippen LogP contribution in [-0.2, 0) is 11.4 Å². The first-order valence-corrected chi connectivity index (χ1v) is 11.6. The quantitative estimate of drug-likeness (QED) is 0.153. The fraction of sp³-hybridized carbons (Fsp3) is 0.0370. The molecule has 0 aliphatic rings. The number of nitrogens with zero attached hydrogens (tertiary/aromatic N) is 1. The molecule has 0 heterocycles. The van der Waals surface area contributed by atoms with Gasteiger partial charge in [0.1, 0.15) is 24.0 Å². The van der Waals surface area contributed by atoms with Crippen LogP contribution in [0.4, 0.5) is 5.69 Å². The number of rotatable bonds is 6. The van der Waals surface area contributed by atoms with Gasteiger partial charge in [-0.15, -0.1) is 0 Å². The first-order valence-electron chi connectivity index (χ1n) is 10.1. The molecule has 162 valence electrons. The Hall–Kier alpha value is -3.34. The molecule has 0 unspecified atom stereocenters. The average molecular weight is 565 g/mol. The van der Waals surface area contributed by atoms with Gasteiger partial charge in [-0.3, -0.25) is 4.79 Å². The number of nitrogens with one attached hydrogen (secondary N) is 1. The monoisotopic (exact) mass is 564 g/mol. The Balaban J connectivity index is 1.49. The van der Waals surface area contributed by atoms with Gasteiger partial charge in [0, 0.05) is 0 Å². The zero-order valence-electron chi connectivity index (χ0n) is 17.4. The smallest absolute Gasteiger partial charge is 0.266 e. The molecule has 1 N–H and O–H groups in total. The molecule has 1 amide bonds. The van der Waals surface area contributed by atoms with E-state index in [1.165, 1.54) is 5.39 Å². The average Bonchev–Trinajstić information content (AvgIpc) is 2.83. The highest BCUT2D eigenvalue weighted by Crippen LogP contribution is 2.26. The number of para-hydroxylation sites is 1. The highest BCUT2D eigenvalue weighted by molar-refractivity contribution is 14.1. The molecule has 33 heavy (non-hydrogen) atoms. The minimum Gasteiger partial charge on any atom is -0.488 e. The number of anilines is 1. The highest BCUT2D eigenvalue weighted by Gasteiger charge is 2.12. The Morgan fingerprint density at radius 2 is 1.79 bits per heavy atom. The van der Waals surface area contributed by atoms with Gasteiger partial charge in [0.25, 0.3) is 5.91 Å². The van der Waals surface area contributed by atoms with Crippen LogP contribution >= 0.6 is 34.2 Å². The van der Waals surface area contributed by atoms with Gasteiger partial charge in [-0.1, -0.05) is 72.3 Å². The van der Waals surface area contributed by atoms with Gasteiger partial charge in [-0.25, -0.2) is 0 Å². The summed E-state index contributed by atoms with van der Waals surface area (Å²) < 4.78 is 6.95. The van der Waals surface area contributed by atoms with E-state index in [0.29, 0.717) is 17.3 Å². The summed E-state index contributed by atoms with van der Waals surface area (Å²) in [5, 5.41) is 14.9. The molecule has 4 aromatic carbocycles. The van der Waals surface area contributed by atoms with Gasteiger partial charge < -0.3 is 10.1 Å². The van der Waals surface area contributed by atoms with Crippen molar-refractivity contribution >= 4 is 62.6 Å². The fourth-order valence-electron chi connectivity index (χ4n) is 3.37. The van der Waals surface area contributed by atoms with E-state index in [0.717, 1.165) is 25.8 Å². The summed E-state index contributed by atoms with van der Waals surface area (Å²) >= 11 is 8.28. The van der Waals surface area contributed by atoms with Crippen molar-refractivity contribution in [1.29, 1.82) is 5.26 Å². The molecule has 0 aliphatic carbocycles. The van der Waals surface area contributed by atoms with Crippen LogP contribution in [0.15, 0.2) is 90.5 Å². The predicted octanol–water partition coefficient (Wildman–Crippen LogP) is 7.22. The maximum Gasteiger partial charge on any atom is 0.266 e. The van der Waals surface area contributed by atoms with Gasteiger partial charge in [0.2, 0.25) is 0 Å². The highest BCUT2D eigenvalue weighted by atomic mass is 127. The van der Waals surface area contributed by atoms with Crippen LogP contribution in [0.2, 0.25) is 5.02 Å². The largest absolute Gasteiger partial charge is 0.488 e. The Kier molecular flexibility index (Phi) is 7.28. The third-order valence-corrected chi connectivity index (χ3v) is 6.19. The first-order chi connectivity index (χ1) is 16.0. The Labute approximate surface area is 210 Å². The van der Waals surface area contributed by atoms with Crippen molar-refractivity contribution in [2.45, 2.75) is 6.61 Å². The molecular weight excluding hydrogens is 547 g/mol. The van der Waals surface area contributed by atoms with Crippen LogP contribution < -0.4 is 10.1 Å². The van der Waals surface area contributed by atoms with E-state index in [9.17, 15) is 10.1 Å². The van der Waals surface area contributed by atoms with Crippen molar-refractivity contribution in [3.63, 3.8) is 0 Å². The number of halogens is 2. The standard InChI is InChI=1S/C27H18ClIN2O2/c28-23-10-3-4-11-25(23)31-27(32)21(16-30)14-18-12-13-26(24(29)15-18)33-17-20-8-5-7-19-6-1-2-9-22(19)20/h1-15H,17H2,(H,31,32)/b21-14+. The van der Waals surface area contributed by atoms with Gasteiger partial charge in [0.15, 0.2) is 0 Å². The summed E-state index contributed by atoms with van der Waals surface area (Å²) in [6, 6.07) is 28.8. The lowest BCUT2D eigenvalue weighted by Gasteiger charge is -2.11. The summed E-state index contributed by atoms with van der Waals surface area (Å²) in [6.45, 7) is 0.441. The summed E-state index contributed by atoms with van der Waals surface area (Å²) in [5.41, 5.74) is 2.27. The second-order valence-corrected chi connectivity index (χ2v) is 8.79. The number of nitriles is 1. The van der Waals surface area contributed by atoms with Gasteiger partial charge in [-0.05, 0) is 74.8 Å². The van der Waals surface area contributed by atoms with Crippen molar-refractivity contribution in [3.8, 4) is 11.8 Å². The lowest BCUT2D eigenvalue weighted by molar-refractivity contribution is -0.112. The summed E-state index contributed by atoms with van der Waals surface area (Å²) in [5.74, 6) is 0.219. The van der Waals surface area contributed by atoms with Gasteiger partial charge in [0.05, 0.1) is 14.3 Å². The second-order valence-electron chi connectivity index (χ2n) is 7.22. The Morgan fingerprint density at radius 3 is 2.58 bits per heavy atom. The minimum atomic E-state index is -0.517. The molecule has 4 nitrogen and oxygen atoms in total. The first kappa shape index (κ1) is 22.8. The molecule has 0 saturated carbocycles. The van der Waals surface area contributed by atoms with Crippen molar-refractivity contribution in [2.24, 2.45) is 0 Å². The van der Waals surface area contributed by atoms with Crippen LogP contribution in [0.1, 0.15) is 11.1 Å². The normalized spacial score (nSPS) is 11.1. The Bertz CT molecular complexity index is 1400. The molecule has 6 heteroatoms. The molecule has 0 aromatic heterocycles. The number of carbonyl (C=O) groups is 1. The van der Waals surface area contributed by atoms with Crippen LogP contribution in [-0.4, -0.2) is 5.91 Å². The number of hydrogen-bond donors (Lipinski definition) is 1. The summed E-state index contributed by atoms with van der Waals surface area (Å²) in [7, 11) is 0. The van der Waals surface area contributed by atoms with E-state index in [2.05, 4.69) is 52.2 Å². The molecule has 0 saturated heterocycles. The summed E-state index contributed by atoms with van der Waals surface area (Å²) in [6.07, 6.45) is 1.54. The number of carbonyl (C=O) groups excluding carboxylic acids is 1. The van der Waals surface area contributed by atoms with E-state index < -0.39 is 5.91 Å². The zero-order chi connectivity index (χ0) is 23.2. The van der Waals surface area contributed by atoms with Gasteiger partial charge in [-0.2, -0.15) is 5.26 Å². The van der Waals surface area contributed by atoms with Gasteiger partial charge >= 0.3 is 0 Å². The topological polar surface area (TPSA) is 62.1 Å². The molecule has 0 spiro atoms. The SMILES string of the molecule is N#C/C(=C\c1ccc(OCc2cccc3ccccc23)c(I)c1)C(=O)Nc1ccccc1Cl. The van der Waals surface area contributed by atoms with Crippen molar-refractivity contribution in [3.05, 3.63) is 110 Å². The third kappa shape index (κ3) is 5.54. The molecule has 0 bridgehead atoms. The molecule has 4 rings (SSSR count). The number of benzene rings is 4. The number of hydrogen-bond acceptors (Lipinski definition) is 3. The third-order valence-electron chi connectivity index (χ3n) is 5.02. The second kappa shape index (κ2) is 10.5. The predicted molar refractivity (Wildman–Crippen MR) is 141 cm³/mol. The van der Waals surface area contributed by atoms with Crippen LogP contribution in [0.25, 0.3) is 16.8 Å². The molecule has 0 radical (unpaired) electrons. The summed E-state index contributed by atoms with van der Waals surface area (Å²) in [4.78, 5) is 12.5. The van der Waals surface area contributed by atoms with Crippen LogP contribution in [0.3, 0.4) is 0 Å². The van der Waals surface area contributed by atoms with E-state index in [4.69, 9.17) is 16.3 Å². The zero-order valence-corrected chi connectivity index (χ0v) is 20.3. The number of ether oxygens (including phenoxy) is 1. The number of amides is 1. The lowest BCUT2D eigenvalue weighted by atomic mass is 10.1. The fourth-order valence-corrected chi connectivity index (χ4v) is 4.24. The van der Waals surface area contributed by atoms with E-state index in [1.807, 2.05) is 42.5 Å². The number of fused-ring (bicyclic) bond motifs is 1. The lowest BCUT2D eigenvalue weighted by Crippen LogP contribution is -2.13. The van der Waals surface area contributed by atoms with Crippen molar-refractivity contribution in [2.75, 3.05) is 5.32 Å². The molecule has 0 fully saturated rings. The van der Waals surface area contributed by atoms with E-state index in [-0.39, 0.29) is 5.57 Å². The van der Waals surface area contributed by atoms with Crippen LogP contribution in [0.5, 0.6) is 5.75 Å².